The Hall–Kier alpha value is -0.820. The summed E-state index contributed by atoms with van der Waals surface area (Å²) in [7, 11) is 0. The zero-order chi connectivity index (χ0) is 15.4. The molecule has 1 unspecified atom stereocenters. The standard InChI is InChI=1S/C19H33N/c1-15-9-8-10-16(13-15)17(11-12-18(2,3)4)14-20-19(5,6)7/h8-10,13,17,20H,11-12,14H2,1-7H3. The Kier molecular flexibility index (Phi) is 5.82. The van der Waals surface area contributed by atoms with Crippen LogP contribution in [0.1, 0.15) is 71.4 Å². The second kappa shape index (κ2) is 6.76. The predicted molar refractivity (Wildman–Crippen MR) is 90.4 cm³/mol. The summed E-state index contributed by atoms with van der Waals surface area (Å²) in [6.07, 6.45) is 2.51. The third-order valence-corrected chi connectivity index (χ3v) is 3.64. The van der Waals surface area contributed by atoms with Crippen LogP contribution in [0, 0.1) is 12.3 Å². The zero-order valence-electron chi connectivity index (χ0n) is 14.5. The van der Waals surface area contributed by atoms with E-state index in [1.807, 2.05) is 0 Å². The van der Waals surface area contributed by atoms with Crippen LogP contribution in [0.3, 0.4) is 0 Å². The first-order valence-corrected chi connectivity index (χ1v) is 7.88. The topological polar surface area (TPSA) is 12.0 Å². The van der Waals surface area contributed by atoms with Gasteiger partial charge in [-0.25, -0.2) is 0 Å². The van der Waals surface area contributed by atoms with Crippen LogP contribution >= 0.6 is 0 Å². The predicted octanol–water partition coefficient (Wildman–Crippen LogP) is 5.29. The Morgan fingerprint density at radius 1 is 1.05 bits per heavy atom. The molecule has 0 bridgehead atoms. The van der Waals surface area contributed by atoms with Gasteiger partial charge in [-0.2, -0.15) is 0 Å². The van der Waals surface area contributed by atoms with Crippen LogP contribution in [0.15, 0.2) is 24.3 Å². The minimum Gasteiger partial charge on any atom is -0.311 e. The van der Waals surface area contributed by atoms with Crippen LogP contribution in [0.2, 0.25) is 0 Å². The molecule has 20 heavy (non-hydrogen) atoms. The molecule has 0 saturated heterocycles. The van der Waals surface area contributed by atoms with Gasteiger partial charge in [-0.3, -0.25) is 0 Å². The highest BCUT2D eigenvalue weighted by Gasteiger charge is 2.19. The molecule has 0 radical (unpaired) electrons. The number of rotatable bonds is 5. The summed E-state index contributed by atoms with van der Waals surface area (Å²) in [5.41, 5.74) is 3.43. The van der Waals surface area contributed by atoms with Crippen molar-refractivity contribution < 1.29 is 0 Å². The summed E-state index contributed by atoms with van der Waals surface area (Å²) in [6.45, 7) is 17.0. The van der Waals surface area contributed by atoms with Gasteiger partial charge in [0.05, 0.1) is 0 Å². The summed E-state index contributed by atoms with van der Waals surface area (Å²) in [5, 5.41) is 3.68. The highest BCUT2D eigenvalue weighted by atomic mass is 14.9. The first-order valence-electron chi connectivity index (χ1n) is 7.88. The highest BCUT2D eigenvalue weighted by molar-refractivity contribution is 5.25. The third kappa shape index (κ3) is 7.09. The van der Waals surface area contributed by atoms with Gasteiger partial charge in [-0.15, -0.1) is 0 Å². The molecule has 0 saturated carbocycles. The molecule has 1 N–H and O–H groups in total. The van der Waals surface area contributed by atoms with Crippen molar-refractivity contribution >= 4 is 0 Å². The van der Waals surface area contributed by atoms with Gasteiger partial charge < -0.3 is 5.32 Å². The smallest absolute Gasteiger partial charge is 0.00967 e. The second-order valence-corrected chi connectivity index (χ2v) is 8.34. The molecule has 0 aliphatic carbocycles. The summed E-state index contributed by atoms with van der Waals surface area (Å²) < 4.78 is 0. The van der Waals surface area contributed by atoms with E-state index in [0.717, 1.165) is 6.54 Å². The molecule has 1 nitrogen and oxygen atoms in total. The molecule has 0 fully saturated rings. The van der Waals surface area contributed by atoms with Gasteiger partial charge in [-0.1, -0.05) is 50.6 Å². The van der Waals surface area contributed by atoms with Crippen molar-refractivity contribution in [2.75, 3.05) is 6.54 Å². The number of aryl methyl sites for hydroxylation is 1. The van der Waals surface area contributed by atoms with E-state index < -0.39 is 0 Å². The van der Waals surface area contributed by atoms with Gasteiger partial charge >= 0.3 is 0 Å². The fraction of sp³-hybridized carbons (Fsp3) is 0.684. The second-order valence-electron chi connectivity index (χ2n) is 8.34. The molecule has 1 aromatic carbocycles. The molecule has 0 aromatic heterocycles. The Balaban J connectivity index is 2.78. The number of benzene rings is 1. The maximum absolute atomic E-state index is 3.68. The largest absolute Gasteiger partial charge is 0.311 e. The van der Waals surface area contributed by atoms with Crippen LogP contribution in [-0.2, 0) is 0 Å². The molecule has 1 aromatic rings. The first kappa shape index (κ1) is 17.2. The van der Waals surface area contributed by atoms with Gasteiger partial charge in [0.25, 0.3) is 0 Å². The fourth-order valence-electron chi connectivity index (χ4n) is 2.35. The van der Waals surface area contributed by atoms with Crippen LogP contribution < -0.4 is 5.32 Å². The lowest BCUT2D eigenvalue weighted by Crippen LogP contribution is -2.38. The van der Waals surface area contributed by atoms with Gasteiger partial charge in [0, 0.05) is 12.1 Å². The summed E-state index contributed by atoms with van der Waals surface area (Å²) in [4.78, 5) is 0. The van der Waals surface area contributed by atoms with Crippen molar-refractivity contribution in [1.82, 2.24) is 5.32 Å². The van der Waals surface area contributed by atoms with E-state index in [9.17, 15) is 0 Å². The minimum atomic E-state index is 0.184. The van der Waals surface area contributed by atoms with E-state index in [2.05, 4.69) is 78.0 Å². The number of hydrogen-bond acceptors (Lipinski definition) is 1. The average Bonchev–Trinajstić information content (AvgIpc) is 2.26. The van der Waals surface area contributed by atoms with E-state index in [4.69, 9.17) is 0 Å². The van der Waals surface area contributed by atoms with Gasteiger partial charge in [0.1, 0.15) is 0 Å². The van der Waals surface area contributed by atoms with Gasteiger partial charge in [0.15, 0.2) is 0 Å². The normalized spacial score (nSPS) is 14.3. The maximum Gasteiger partial charge on any atom is 0.00967 e. The molecule has 0 aliphatic heterocycles. The highest BCUT2D eigenvalue weighted by Crippen LogP contribution is 2.29. The van der Waals surface area contributed by atoms with Crippen LogP contribution in [0.5, 0.6) is 0 Å². The summed E-state index contributed by atoms with van der Waals surface area (Å²) >= 11 is 0. The van der Waals surface area contributed by atoms with Crippen LogP contribution in [0.25, 0.3) is 0 Å². The van der Waals surface area contributed by atoms with E-state index in [-0.39, 0.29) is 5.54 Å². The van der Waals surface area contributed by atoms with E-state index in [0.29, 0.717) is 11.3 Å². The van der Waals surface area contributed by atoms with Crippen LogP contribution in [0.4, 0.5) is 0 Å². The monoisotopic (exact) mass is 275 g/mol. The molecule has 1 heteroatoms. The molecular weight excluding hydrogens is 242 g/mol. The van der Waals surface area contributed by atoms with E-state index >= 15 is 0 Å². The summed E-state index contributed by atoms with van der Waals surface area (Å²) in [6, 6.07) is 9.00. The zero-order valence-corrected chi connectivity index (χ0v) is 14.5. The number of hydrogen-bond donors (Lipinski definition) is 1. The van der Waals surface area contributed by atoms with Gasteiger partial charge in [-0.05, 0) is 57.4 Å². The lowest BCUT2D eigenvalue weighted by atomic mass is 9.83. The van der Waals surface area contributed by atoms with Crippen molar-refractivity contribution in [3.63, 3.8) is 0 Å². The molecule has 114 valence electrons. The fourth-order valence-corrected chi connectivity index (χ4v) is 2.35. The van der Waals surface area contributed by atoms with Crippen molar-refractivity contribution in [1.29, 1.82) is 0 Å². The average molecular weight is 275 g/mol. The quantitative estimate of drug-likeness (QED) is 0.769. The maximum atomic E-state index is 3.68. The van der Waals surface area contributed by atoms with Crippen LogP contribution in [-0.4, -0.2) is 12.1 Å². The third-order valence-electron chi connectivity index (χ3n) is 3.64. The van der Waals surface area contributed by atoms with Crippen molar-refractivity contribution in [3.8, 4) is 0 Å². The minimum absolute atomic E-state index is 0.184. The van der Waals surface area contributed by atoms with Crippen molar-refractivity contribution in [2.24, 2.45) is 5.41 Å². The Bertz CT molecular complexity index is 389. The Labute approximate surface area is 126 Å². The molecule has 1 rings (SSSR count). The Morgan fingerprint density at radius 3 is 2.20 bits per heavy atom. The SMILES string of the molecule is Cc1cccc(C(CCC(C)(C)C)CNC(C)(C)C)c1. The first-order chi connectivity index (χ1) is 9.07. The molecule has 1 atom stereocenters. The van der Waals surface area contributed by atoms with E-state index in [1.165, 1.54) is 24.0 Å². The molecule has 0 spiro atoms. The Morgan fingerprint density at radius 2 is 1.70 bits per heavy atom. The molecular formula is C19H33N. The van der Waals surface area contributed by atoms with Gasteiger partial charge in [0.2, 0.25) is 0 Å². The van der Waals surface area contributed by atoms with Crippen molar-refractivity contribution in [3.05, 3.63) is 35.4 Å². The molecule has 0 amide bonds. The summed E-state index contributed by atoms with van der Waals surface area (Å²) in [5.74, 6) is 0.605. The molecule has 0 aliphatic rings. The van der Waals surface area contributed by atoms with Crippen molar-refractivity contribution in [2.45, 2.75) is 72.8 Å². The molecule has 0 heterocycles. The lowest BCUT2D eigenvalue weighted by molar-refractivity contribution is 0.330. The van der Waals surface area contributed by atoms with E-state index in [1.54, 1.807) is 0 Å². The lowest BCUT2D eigenvalue weighted by Gasteiger charge is -2.28. The number of nitrogens with one attached hydrogen (secondary N) is 1.